The Morgan fingerprint density at radius 3 is 1.76 bits per heavy atom. The standard InChI is InChI=1S/C38H52N2O5/c1-4-6-8-10-11-12-13-14-15-17-27-43-34-23-21-32(22-24-34)37(41)45-35-25-19-31(20-26-35)36-39-28-33(29-40-36)38(42)44-30(3)18-16-9-7-5-2/h19-26,28-30H,4-18,27H2,1-3H3/t30-/m0/s1. The molecule has 3 rings (SSSR count). The number of rotatable bonds is 22. The number of carbonyl (C=O) groups is 2. The highest BCUT2D eigenvalue weighted by Gasteiger charge is 2.14. The van der Waals surface area contributed by atoms with Crippen LogP contribution in [0.5, 0.6) is 11.5 Å². The van der Waals surface area contributed by atoms with Gasteiger partial charge in [0.2, 0.25) is 0 Å². The van der Waals surface area contributed by atoms with Gasteiger partial charge in [-0.05, 0) is 74.7 Å². The largest absolute Gasteiger partial charge is 0.494 e. The fraction of sp³-hybridized carbons (Fsp3) is 0.526. The molecule has 2 aromatic carbocycles. The van der Waals surface area contributed by atoms with Gasteiger partial charge in [-0.25, -0.2) is 19.6 Å². The zero-order valence-corrected chi connectivity index (χ0v) is 27.6. The quantitative estimate of drug-likeness (QED) is 0.0630. The van der Waals surface area contributed by atoms with E-state index in [4.69, 9.17) is 14.2 Å². The molecule has 45 heavy (non-hydrogen) atoms. The second-order valence-corrected chi connectivity index (χ2v) is 11.8. The Labute approximate surface area is 270 Å². The third-order valence-electron chi connectivity index (χ3n) is 7.84. The highest BCUT2D eigenvalue weighted by Crippen LogP contribution is 2.21. The number of carbonyl (C=O) groups excluding carboxylic acids is 2. The molecule has 1 aromatic heterocycles. The molecule has 0 aliphatic rings. The van der Waals surface area contributed by atoms with Crippen molar-refractivity contribution >= 4 is 11.9 Å². The van der Waals surface area contributed by atoms with Gasteiger partial charge in [-0.15, -0.1) is 0 Å². The van der Waals surface area contributed by atoms with Crippen molar-refractivity contribution in [1.82, 2.24) is 9.97 Å². The van der Waals surface area contributed by atoms with Crippen molar-refractivity contribution in [2.45, 2.75) is 123 Å². The van der Waals surface area contributed by atoms with Crippen LogP contribution in [-0.4, -0.2) is 34.6 Å². The molecule has 3 aromatic rings. The Morgan fingerprint density at radius 2 is 1.16 bits per heavy atom. The Hall–Kier alpha value is -3.74. The lowest BCUT2D eigenvalue weighted by Gasteiger charge is -2.13. The molecular weight excluding hydrogens is 564 g/mol. The summed E-state index contributed by atoms with van der Waals surface area (Å²) >= 11 is 0. The van der Waals surface area contributed by atoms with E-state index in [1.165, 1.54) is 83.0 Å². The number of hydrogen-bond acceptors (Lipinski definition) is 7. The topological polar surface area (TPSA) is 87.6 Å². The van der Waals surface area contributed by atoms with Gasteiger partial charge in [-0.3, -0.25) is 0 Å². The number of aromatic nitrogens is 2. The summed E-state index contributed by atoms with van der Waals surface area (Å²) in [5, 5.41) is 0. The van der Waals surface area contributed by atoms with Gasteiger partial charge >= 0.3 is 11.9 Å². The number of benzene rings is 2. The molecule has 1 atom stereocenters. The summed E-state index contributed by atoms with van der Waals surface area (Å²) in [7, 11) is 0. The van der Waals surface area contributed by atoms with Gasteiger partial charge in [-0.1, -0.05) is 90.9 Å². The first-order valence-electron chi connectivity index (χ1n) is 17.1. The van der Waals surface area contributed by atoms with Crippen molar-refractivity contribution in [2.75, 3.05) is 6.61 Å². The van der Waals surface area contributed by atoms with Gasteiger partial charge in [0.25, 0.3) is 0 Å². The fourth-order valence-corrected chi connectivity index (χ4v) is 5.06. The third kappa shape index (κ3) is 13.8. The molecule has 0 aliphatic heterocycles. The zero-order chi connectivity index (χ0) is 32.1. The predicted octanol–water partition coefficient (Wildman–Crippen LogP) is 10.2. The first-order valence-corrected chi connectivity index (χ1v) is 17.1. The molecular formula is C38H52N2O5. The summed E-state index contributed by atoms with van der Waals surface area (Å²) in [6.07, 6.45) is 21.1. The molecule has 0 spiro atoms. The molecule has 244 valence electrons. The van der Waals surface area contributed by atoms with Crippen molar-refractivity contribution in [3.05, 3.63) is 72.1 Å². The maximum atomic E-state index is 12.7. The Kier molecular flexibility index (Phi) is 16.7. The van der Waals surface area contributed by atoms with Gasteiger partial charge in [0.1, 0.15) is 11.5 Å². The van der Waals surface area contributed by atoms with Crippen LogP contribution in [0.1, 0.15) is 138 Å². The Balaban J connectivity index is 1.36. The van der Waals surface area contributed by atoms with Crippen LogP contribution in [0.15, 0.2) is 60.9 Å². The predicted molar refractivity (Wildman–Crippen MR) is 180 cm³/mol. The lowest BCUT2D eigenvalue weighted by atomic mass is 10.1. The van der Waals surface area contributed by atoms with E-state index in [1.54, 1.807) is 48.5 Å². The van der Waals surface area contributed by atoms with Crippen molar-refractivity contribution < 1.29 is 23.8 Å². The van der Waals surface area contributed by atoms with Crippen LogP contribution in [0.25, 0.3) is 11.4 Å². The van der Waals surface area contributed by atoms with Crippen molar-refractivity contribution in [2.24, 2.45) is 0 Å². The van der Waals surface area contributed by atoms with E-state index in [2.05, 4.69) is 23.8 Å². The van der Waals surface area contributed by atoms with Crippen LogP contribution in [0.3, 0.4) is 0 Å². The minimum absolute atomic E-state index is 0.144. The number of esters is 2. The highest BCUT2D eigenvalue weighted by atomic mass is 16.5. The summed E-state index contributed by atoms with van der Waals surface area (Å²) in [6, 6.07) is 14.0. The van der Waals surface area contributed by atoms with E-state index >= 15 is 0 Å². The van der Waals surface area contributed by atoms with Crippen LogP contribution in [-0.2, 0) is 4.74 Å². The number of hydrogen-bond donors (Lipinski definition) is 0. The average Bonchev–Trinajstić information content (AvgIpc) is 3.06. The number of nitrogens with zero attached hydrogens (tertiary/aromatic N) is 2. The van der Waals surface area contributed by atoms with Crippen LogP contribution in [0.2, 0.25) is 0 Å². The second kappa shape index (κ2) is 21.1. The molecule has 0 fully saturated rings. The zero-order valence-electron chi connectivity index (χ0n) is 27.6. The Morgan fingerprint density at radius 1 is 0.622 bits per heavy atom. The van der Waals surface area contributed by atoms with E-state index in [-0.39, 0.29) is 6.10 Å². The second-order valence-electron chi connectivity index (χ2n) is 11.8. The summed E-state index contributed by atoms with van der Waals surface area (Å²) in [4.78, 5) is 33.8. The monoisotopic (exact) mass is 616 g/mol. The molecule has 0 unspecified atom stereocenters. The molecule has 0 amide bonds. The van der Waals surface area contributed by atoms with Gasteiger partial charge < -0.3 is 14.2 Å². The maximum Gasteiger partial charge on any atom is 0.343 e. The van der Waals surface area contributed by atoms with Gasteiger partial charge in [-0.2, -0.15) is 0 Å². The molecule has 0 bridgehead atoms. The van der Waals surface area contributed by atoms with E-state index in [0.29, 0.717) is 29.3 Å². The first-order chi connectivity index (χ1) is 22.0. The summed E-state index contributed by atoms with van der Waals surface area (Å²) in [6.45, 7) is 7.02. The minimum atomic E-state index is -0.442. The van der Waals surface area contributed by atoms with Crippen LogP contribution in [0, 0.1) is 0 Å². The number of unbranched alkanes of at least 4 members (excludes halogenated alkanes) is 12. The minimum Gasteiger partial charge on any atom is -0.494 e. The molecule has 7 heteroatoms. The van der Waals surface area contributed by atoms with Crippen molar-refractivity contribution in [3.63, 3.8) is 0 Å². The molecule has 0 saturated carbocycles. The lowest BCUT2D eigenvalue weighted by Crippen LogP contribution is -2.15. The van der Waals surface area contributed by atoms with Crippen molar-refractivity contribution in [1.29, 1.82) is 0 Å². The third-order valence-corrected chi connectivity index (χ3v) is 7.84. The maximum absolute atomic E-state index is 12.7. The van der Waals surface area contributed by atoms with Gasteiger partial charge in [0.05, 0.1) is 23.8 Å². The number of ether oxygens (including phenoxy) is 3. The molecule has 0 radical (unpaired) electrons. The average molecular weight is 617 g/mol. The fourth-order valence-electron chi connectivity index (χ4n) is 5.06. The van der Waals surface area contributed by atoms with Gasteiger partial charge in [0.15, 0.2) is 5.82 Å². The molecule has 0 saturated heterocycles. The lowest BCUT2D eigenvalue weighted by molar-refractivity contribution is 0.0318. The van der Waals surface area contributed by atoms with Crippen LogP contribution >= 0.6 is 0 Å². The first kappa shape index (κ1) is 35.7. The van der Waals surface area contributed by atoms with Crippen molar-refractivity contribution in [3.8, 4) is 22.9 Å². The summed E-state index contributed by atoms with van der Waals surface area (Å²) in [5.74, 6) is 0.773. The molecule has 0 aliphatic carbocycles. The molecule has 7 nitrogen and oxygen atoms in total. The van der Waals surface area contributed by atoms with Crippen LogP contribution < -0.4 is 9.47 Å². The van der Waals surface area contributed by atoms with E-state index in [9.17, 15) is 9.59 Å². The SMILES string of the molecule is CCCCCCCCCCCCOc1ccc(C(=O)Oc2ccc(-c3ncc(C(=O)O[C@@H](C)CCCCCC)cn3)cc2)cc1. The summed E-state index contributed by atoms with van der Waals surface area (Å²) < 4.78 is 16.9. The van der Waals surface area contributed by atoms with Gasteiger partial charge in [0, 0.05) is 18.0 Å². The van der Waals surface area contributed by atoms with E-state index in [0.717, 1.165) is 37.0 Å². The highest BCUT2D eigenvalue weighted by molar-refractivity contribution is 5.91. The normalized spacial score (nSPS) is 11.6. The van der Waals surface area contributed by atoms with E-state index < -0.39 is 11.9 Å². The Bertz CT molecular complexity index is 1240. The van der Waals surface area contributed by atoms with E-state index in [1.807, 2.05) is 6.92 Å². The molecule has 1 heterocycles. The smallest absolute Gasteiger partial charge is 0.343 e. The van der Waals surface area contributed by atoms with Crippen LogP contribution in [0.4, 0.5) is 0 Å². The molecule has 0 N–H and O–H groups in total. The summed E-state index contributed by atoms with van der Waals surface area (Å²) in [5.41, 5.74) is 1.51.